The van der Waals surface area contributed by atoms with Gasteiger partial charge in [-0.2, -0.15) is 11.8 Å². The predicted octanol–water partition coefficient (Wildman–Crippen LogP) is 1.95. The first-order chi connectivity index (χ1) is 11.1. The van der Waals surface area contributed by atoms with Gasteiger partial charge in [0.2, 0.25) is 0 Å². The average molecular weight is 470 g/mol. The molecule has 0 amide bonds. The molecule has 7 nitrogen and oxygen atoms in total. The molecule has 1 rings (SSSR count). The minimum absolute atomic E-state index is 0. The lowest BCUT2D eigenvalue weighted by molar-refractivity contribution is 0.145. The standard InChI is InChI=1S/C15H30N6OS.HI/c1-6-22-9-7-8-16-15(17-10-12(2)23-5)18-11-14-20-19-13(3)21(14)4;/h12H,6-11H2,1-5H3,(H2,16,17,18);1H. The van der Waals surface area contributed by atoms with Crippen molar-refractivity contribution in [2.45, 2.75) is 39.0 Å². The van der Waals surface area contributed by atoms with Gasteiger partial charge in [0.05, 0.1) is 0 Å². The summed E-state index contributed by atoms with van der Waals surface area (Å²) < 4.78 is 7.31. The summed E-state index contributed by atoms with van der Waals surface area (Å²) in [6, 6.07) is 0. The number of hydrogen-bond acceptors (Lipinski definition) is 5. The number of aliphatic imine (C=N–C) groups is 1. The van der Waals surface area contributed by atoms with E-state index in [1.165, 1.54) is 0 Å². The number of hydrogen-bond donors (Lipinski definition) is 2. The van der Waals surface area contributed by atoms with E-state index in [0.717, 1.165) is 50.3 Å². The molecule has 0 bridgehead atoms. The fourth-order valence-corrected chi connectivity index (χ4v) is 2.01. The third-order valence-electron chi connectivity index (χ3n) is 3.48. The summed E-state index contributed by atoms with van der Waals surface area (Å²) in [7, 11) is 1.96. The summed E-state index contributed by atoms with van der Waals surface area (Å²) in [5.41, 5.74) is 0. The highest BCUT2D eigenvalue weighted by molar-refractivity contribution is 14.0. The molecule has 0 saturated carbocycles. The smallest absolute Gasteiger partial charge is 0.191 e. The van der Waals surface area contributed by atoms with Gasteiger partial charge in [-0.25, -0.2) is 4.99 Å². The Kier molecular flexibility index (Phi) is 13.4. The maximum absolute atomic E-state index is 5.35. The van der Waals surface area contributed by atoms with Crippen LogP contribution in [0.15, 0.2) is 4.99 Å². The number of nitrogens with zero attached hydrogens (tertiary/aromatic N) is 4. The van der Waals surface area contributed by atoms with Gasteiger partial charge in [0.1, 0.15) is 12.4 Å². The zero-order chi connectivity index (χ0) is 17.1. The minimum Gasteiger partial charge on any atom is -0.382 e. The van der Waals surface area contributed by atoms with Gasteiger partial charge in [-0.1, -0.05) is 6.92 Å². The van der Waals surface area contributed by atoms with Crippen LogP contribution in [0.3, 0.4) is 0 Å². The maximum Gasteiger partial charge on any atom is 0.191 e. The van der Waals surface area contributed by atoms with Crippen LogP contribution in [0.25, 0.3) is 0 Å². The predicted molar refractivity (Wildman–Crippen MR) is 112 cm³/mol. The molecule has 1 atom stereocenters. The first-order valence-electron chi connectivity index (χ1n) is 8.06. The van der Waals surface area contributed by atoms with Gasteiger partial charge in [0.15, 0.2) is 11.8 Å². The summed E-state index contributed by atoms with van der Waals surface area (Å²) in [5, 5.41) is 15.5. The van der Waals surface area contributed by atoms with Crippen molar-refractivity contribution in [2.24, 2.45) is 12.0 Å². The molecule has 2 N–H and O–H groups in total. The quantitative estimate of drug-likeness (QED) is 0.236. The van der Waals surface area contributed by atoms with Crippen LogP contribution >= 0.6 is 35.7 Å². The molecule has 1 unspecified atom stereocenters. The van der Waals surface area contributed by atoms with Gasteiger partial charge < -0.3 is 19.9 Å². The molecule has 1 aromatic rings. The van der Waals surface area contributed by atoms with Crippen molar-refractivity contribution in [1.82, 2.24) is 25.4 Å². The molecule has 9 heteroatoms. The maximum atomic E-state index is 5.35. The van der Waals surface area contributed by atoms with Crippen LogP contribution in [-0.4, -0.2) is 58.5 Å². The highest BCUT2D eigenvalue weighted by atomic mass is 127. The zero-order valence-electron chi connectivity index (χ0n) is 15.3. The summed E-state index contributed by atoms with van der Waals surface area (Å²) in [6.45, 7) is 9.87. The van der Waals surface area contributed by atoms with Crippen molar-refractivity contribution in [3.05, 3.63) is 11.6 Å². The monoisotopic (exact) mass is 470 g/mol. The number of ether oxygens (including phenoxy) is 1. The molecule has 0 aliphatic heterocycles. The summed E-state index contributed by atoms with van der Waals surface area (Å²) in [6.07, 6.45) is 3.07. The average Bonchev–Trinajstić information content (AvgIpc) is 2.87. The second-order valence-corrected chi connectivity index (χ2v) is 6.57. The minimum atomic E-state index is 0. The molecule has 0 aliphatic carbocycles. The van der Waals surface area contributed by atoms with E-state index in [1.807, 2.05) is 37.2 Å². The van der Waals surface area contributed by atoms with E-state index in [0.29, 0.717) is 11.8 Å². The van der Waals surface area contributed by atoms with E-state index in [2.05, 4.69) is 39.0 Å². The van der Waals surface area contributed by atoms with E-state index < -0.39 is 0 Å². The van der Waals surface area contributed by atoms with Crippen LogP contribution in [-0.2, 0) is 18.3 Å². The molecule has 0 aliphatic rings. The number of aryl methyl sites for hydroxylation is 1. The number of rotatable bonds is 10. The Balaban J connectivity index is 0.00000529. The van der Waals surface area contributed by atoms with Crippen LogP contribution in [0.4, 0.5) is 0 Å². The normalized spacial score (nSPS) is 12.6. The van der Waals surface area contributed by atoms with E-state index in [4.69, 9.17) is 4.74 Å². The van der Waals surface area contributed by atoms with Gasteiger partial charge in [-0.3, -0.25) is 0 Å². The van der Waals surface area contributed by atoms with Gasteiger partial charge in [0, 0.05) is 38.6 Å². The van der Waals surface area contributed by atoms with E-state index >= 15 is 0 Å². The lowest BCUT2D eigenvalue weighted by Crippen LogP contribution is -2.40. The number of nitrogens with one attached hydrogen (secondary N) is 2. The fraction of sp³-hybridized carbons (Fsp3) is 0.800. The summed E-state index contributed by atoms with van der Waals surface area (Å²) in [5.74, 6) is 2.56. The van der Waals surface area contributed by atoms with Crippen molar-refractivity contribution in [3.8, 4) is 0 Å². The Morgan fingerprint density at radius 2 is 2.12 bits per heavy atom. The first-order valence-corrected chi connectivity index (χ1v) is 9.34. The summed E-state index contributed by atoms with van der Waals surface area (Å²) in [4.78, 5) is 4.61. The Bertz CT molecular complexity index is 483. The molecule has 0 aromatic carbocycles. The fourth-order valence-electron chi connectivity index (χ4n) is 1.76. The van der Waals surface area contributed by atoms with Gasteiger partial charge >= 0.3 is 0 Å². The van der Waals surface area contributed by atoms with Gasteiger partial charge in [0.25, 0.3) is 0 Å². The third kappa shape index (κ3) is 9.07. The molecule has 1 heterocycles. The second-order valence-electron chi connectivity index (χ2n) is 5.29. The van der Waals surface area contributed by atoms with Crippen molar-refractivity contribution in [3.63, 3.8) is 0 Å². The molecule has 0 fully saturated rings. The number of guanidine groups is 1. The molecule has 0 radical (unpaired) electrons. The molecular weight excluding hydrogens is 439 g/mol. The number of aromatic nitrogens is 3. The molecule has 0 saturated heterocycles. The van der Waals surface area contributed by atoms with Crippen LogP contribution in [0.1, 0.15) is 31.9 Å². The Labute approximate surface area is 166 Å². The largest absolute Gasteiger partial charge is 0.382 e. The van der Waals surface area contributed by atoms with Crippen molar-refractivity contribution < 1.29 is 4.74 Å². The highest BCUT2D eigenvalue weighted by Gasteiger charge is 2.06. The SMILES string of the molecule is CCOCCCNC(=NCc1nnc(C)n1C)NCC(C)SC.I. The van der Waals surface area contributed by atoms with Crippen molar-refractivity contribution in [2.75, 3.05) is 32.6 Å². The van der Waals surface area contributed by atoms with E-state index in [-0.39, 0.29) is 24.0 Å². The zero-order valence-corrected chi connectivity index (χ0v) is 18.5. The Morgan fingerprint density at radius 1 is 1.38 bits per heavy atom. The van der Waals surface area contributed by atoms with Crippen molar-refractivity contribution in [1.29, 1.82) is 0 Å². The van der Waals surface area contributed by atoms with Crippen LogP contribution in [0, 0.1) is 6.92 Å². The van der Waals surface area contributed by atoms with Gasteiger partial charge in [-0.15, -0.1) is 34.2 Å². The Hall–Kier alpha value is -0.550. The van der Waals surface area contributed by atoms with E-state index in [9.17, 15) is 0 Å². The third-order valence-corrected chi connectivity index (χ3v) is 4.45. The molecule has 24 heavy (non-hydrogen) atoms. The summed E-state index contributed by atoms with van der Waals surface area (Å²) >= 11 is 1.83. The topological polar surface area (TPSA) is 76.4 Å². The van der Waals surface area contributed by atoms with Gasteiger partial charge in [-0.05, 0) is 26.5 Å². The number of halogens is 1. The Morgan fingerprint density at radius 3 is 2.71 bits per heavy atom. The van der Waals surface area contributed by atoms with Crippen LogP contribution in [0.5, 0.6) is 0 Å². The highest BCUT2D eigenvalue weighted by Crippen LogP contribution is 2.03. The molecular formula is C15H31IN6OS. The lowest BCUT2D eigenvalue weighted by Gasteiger charge is -2.15. The second kappa shape index (κ2) is 13.7. The molecule has 140 valence electrons. The molecule has 1 aromatic heterocycles. The van der Waals surface area contributed by atoms with E-state index in [1.54, 1.807) is 0 Å². The first kappa shape index (κ1) is 23.4. The van der Waals surface area contributed by atoms with Crippen molar-refractivity contribution >= 4 is 41.7 Å². The number of thioether (sulfide) groups is 1. The van der Waals surface area contributed by atoms with Crippen LogP contribution < -0.4 is 10.6 Å². The van der Waals surface area contributed by atoms with Crippen LogP contribution in [0.2, 0.25) is 0 Å². The lowest BCUT2D eigenvalue weighted by atomic mass is 10.4. The molecule has 0 spiro atoms.